The SMILES string of the molecule is Brc1cccc(C2(c3cccc(Br)n3)c3ccccc3C3(c4ccccc4-c4ccccc43)c3ccccc32)n1. The Hall–Kier alpha value is -3.86. The molecule has 0 saturated carbocycles. The van der Waals surface area contributed by atoms with Crippen LogP contribution in [0.5, 0.6) is 0 Å². The third kappa shape index (κ3) is 2.98. The molecule has 40 heavy (non-hydrogen) atoms. The Morgan fingerprint density at radius 2 is 0.700 bits per heavy atom. The summed E-state index contributed by atoms with van der Waals surface area (Å²) in [7, 11) is 0. The van der Waals surface area contributed by atoms with Crippen molar-refractivity contribution < 1.29 is 0 Å². The highest BCUT2D eigenvalue weighted by Crippen LogP contribution is 2.64. The number of benzene rings is 4. The maximum absolute atomic E-state index is 5.14. The summed E-state index contributed by atoms with van der Waals surface area (Å²) < 4.78 is 1.59. The van der Waals surface area contributed by atoms with Crippen molar-refractivity contribution in [3.05, 3.63) is 187 Å². The Kier molecular flexibility index (Phi) is 5.29. The van der Waals surface area contributed by atoms with Crippen molar-refractivity contribution in [2.75, 3.05) is 0 Å². The monoisotopic (exact) mass is 640 g/mol. The van der Waals surface area contributed by atoms with Crippen LogP contribution >= 0.6 is 31.9 Å². The third-order valence-corrected chi connectivity index (χ3v) is 9.50. The quantitative estimate of drug-likeness (QED) is 0.176. The van der Waals surface area contributed by atoms with Gasteiger partial charge in [0.2, 0.25) is 0 Å². The molecule has 2 heterocycles. The molecule has 0 bridgehead atoms. The van der Waals surface area contributed by atoms with Gasteiger partial charge >= 0.3 is 0 Å². The Labute approximate surface area is 250 Å². The zero-order valence-corrected chi connectivity index (χ0v) is 24.5. The molecule has 0 aliphatic heterocycles. The highest BCUT2D eigenvalue weighted by Gasteiger charge is 2.57. The van der Waals surface area contributed by atoms with Crippen molar-refractivity contribution in [3.63, 3.8) is 0 Å². The van der Waals surface area contributed by atoms with Gasteiger partial charge in [-0.1, -0.05) is 109 Å². The van der Waals surface area contributed by atoms with Gasteiger partial charge in [0.15, 0.2) is 0 Å². The first-order valence-electron chi connectivity index (χ1n) is 13.3. The molecule has 0 unspecified atom stereocenters. The maximum Gasteiger partial charge on any atom is 0.106 e. The summed E-state index contributed by atoms with van der Waals surface area (Å²) in [5.74, 6) is 0. The van der Waals surface area contributed by atoms with Crippen molar-refractivity contribution in [2.24, 2.45) is 0 Å². The lowest BCUT2D eigenvalue weighted by molar-refractivity contribution is 0.596. The fourth-order valence-electron chi connectivity index (χ4n) is 7.30. The smallest absolute Gasteiger partial charge is 0.106 e. The van der Waals surface area contributed by atoms with E-state index >= 15 is 0 Å². The van der Waals surface area contributed by atoms with E-state index in [1.807, 2.05) is 12.1 Å². The number of rotatable bonds is 2. The van der Waals surface area contributed by atoms with Crippen molar-refractivity contribution in [2.45, 2.75) is 10.8 Å². The predicted molar refractivity (Wildman–Crippen MR) is 167 cm³/mol. The number of aromatic nitrogens is 2. The van der Waals surface area contributed by atoms with E-state index < -0.39 is 10.8 Å². The first kappa shape index (κ1) is 24.0. The molecule has 0 atom stereocenters. The molecule has 2 aromatic heterocycles. The molecule has 6 aromatic rings. The van der Waals surface area contributed by atoms with E-state index in [1.54, 1.807) is 0 Å². The fourth-order valence-corrected chi connectivity index (χ4v) is 7.98. The second kappa shape index (κ2) is 8.82. The van der Waals surface area contributed by atoms with Crippen LogP contribution in [0.15, 0.2) is 143 Å². The van der Waals surface area contributed by atoms with Crippen molar-refractivity contribution in [1.29, 1.82) is 0 Å². The zero-order valence-electron chi connectivity index (χ0n) is 21.4. The summed E-state index contributed by atoms with van der Waals surface area (Å²) in [6.45, 7) is 0. The van der Waals surface area contributed by atoms with E-state index in [2.05, 4.69) is 153 Å². The molecule has 4 aromatic carbocycles. The van der Waals surface area contributed by atoms with Crippen molar-refractivity contribution in [1.82, 2.24) is 9.97 Å². The summed E-state index contributed by atoms with van der Waals surface area (Å²) in [6, 6.07) is 48.0. The van der Waals surface area contributed by atoms with Gasteiger partial charge in [-0.3, -0.25) is 0 Å². The minimum Gasteiger partial charge on any atom is -0.244 e. The second-order valence-electron chi connectivity index (χ2n) is 10.4. The molecule has 0 fully saturated rings. The van der Waals surface area contributed by atoms with Crippen LogP contribution in [0.4, 0.5) is 0 Å². The summed E-state index contributed by atoms with van der Waals surface area (Å²) >= 11 is 7.36. The third-order valence-electron chi connectivity index (χ3n) is 8.62. The van der Waals surface area contributed by atoms with Gasteiger partial charge in [-0.2, -0.15) is 0 Å². The Balaban J connectivity index is 1.62. The lowest BCUT2D eigenvalue weighted by atomic mass is 9.53. The van der Waals surface area contributed by atoms with Crippen LogP contribution in [-0.2, 0) is 10.8 Å². The first-order chi connectivity index (χ1) is 19.7. The Morgan fingerprint density at radius 3 is 1.10 bits per heavy atom. The minimum atomic E-state index is -0.738. The number of halogens is 2. The molecule has 0 radical (unpaired) electrons. The van der Waals surface area contributed by atoms with Crippen molar-refractivity contribution in [3.8, 4) is 11.1 Å². The van der Waals surface area contributed by atoms with E-state index in [4.69, 9.17) is 9.97 Å². The van der Waals surface area contributed by atoms with Crippen LogP contribution in [-0.4, -0.2) is 9.97 Å². The highest BCUT2D eigenvalue weighted by molar-refractivity contribution is 9.10. The molecule has 2 aliphatic rings. The molecular weight excluding hydrogens is 620 g/mol. The van der Waals surface area contributed by atoms with E-state index in [0.717, 1.165) is 20.6 Å². The number of hydrogen-bond donors (Lipinski definition) is 0. The number of pyridine rings is 2. The number of fused-ring (bicyclic) bond motifs is 9. The van der Waals surface area contributed by atoms with Crippen LogP contribution < -0.4 is 0 Å². The van der Waals surface area contributed by atoms with E-state index in [-0.39, 0.29) is 0 Å². The van der Waals surface area contributed by atoms with Crippen LogP contribution in [0.1, 0.15) is 44.8 Å². The molecule has 2 nitrogen and oxygen atoms in total. The van der Waals surface area contributed by atoms with Gasteiger partial charge in [0.05, 0.1) is 16.8 Å². The second-order valence-corrected chi connectivity index (χ2v) is 12.0. The largest absolute Gasteiger partial charge is 0.244 e. The van der Waals surface area contributed by atoms with Crippen LogP contribution in [0, 0.1) is 0 Å². The molecule has 0 amide bonds. The van der Waals surface area contributed by atoms with E-state index in [9.17, 15) is 0 Å². The van der Waals surface area contributed by atoms with Crippen LogP contribution in [0.25, 0.3) is 11.1 Å². The van der Waals surface area contributed by atoms with Crippen LogP contribution in [0.3, 0.4) is 0 Å². The molecule has 8 rings (SSSR count). The van der Waals surface area contributed by atoms with E-state index in [0.29, 0.717) is 0 Å². The van der Waals surface area contributed by atoms with Gasteiger partial charge in [0, 0.05) is 0 Å². The summed E-state index contributed by atoms with van der Waals surface area (Å²) in [5, 5.41) is 0. The van der Waals surface area contributed by atoms with E-state index in [1.165, 1.54) is 44.5 Å². The highest BCUT2D eigenvalue weighted by atomic mass is 79.9. The average Bonchev–Trinajstić information content (AvgIpc) is 3.29. The number of nitrogens with zero attached hydrogens (tertiary/aromatic N) is 2. The first-order valence-corrected chi connectivity index (χ1v) is 14.9. The van der Waals surface area contributed by atoms with Gasteiger partial charge < -0.3 is 0 Å². The lowest BCUT2D eigenvalue weighted by Gasteiger charge is -2.48. The topological polar surface area (TPSA) is 25.8 Å². The summed E-state index contributed by atoms with van der Waals surface area (Å²) in [5.41, 5.74) is 10.8. The fraction of sp³-hybridized carbons (Fsp3) is 0.0556. The molecular formula is C36H22Br2N2. The standard InChI is InChI=1S/C36H22Br2N2/c37-33-21-9-19-31(39-33)36(32-20-10-22-34(38)40-32)29-17-7-5-15-27(29)35(28-16-6-8-18-30(28)36)25-13-3-1-11-23(25)24-12-2-4-14-26(24)35/h1-22H. The van der Waals surface area contributed by atoms with Gasteiger partial charge in [-0.05, 0) is 101 Å². The lowest BCUT2D eigenvalue weighted by Crippen LogP contribution is -2.45. The van der Waals surface area contributed by atoms with Gasteiger partial charge in [-0.15, -0.1) is 0 Å². The molecule has 2 aliphatic carbocycles. The average molecular weight is 642 g/mol. The van der Waals surface area contributed by atoms with Crippen molar-refractivity contribution >= 4 is 31.9 Å². The molecule has 0 saturated heterocycles. The minimum absolute atomic E-state index is 0.470. The normalized spacial score (nSPS) is 15.2. The predicted octanol–water partition coefficient (Wildman–Crippen LogP) is 9.06. The molecule has 0 N–H and O–H groups in total. The van der Waals surface area contributed by atoms with Gasteiger partial charge in [0.1, 0.15) is 14.6 Å². The maximum atomic E-state index is 5.14. The summed E-state index contributed by atoms with van der Waals surface area (Å²) in [6.07, 6.45) is 0. The number of hydrogen-bond acceptors (Lipinski definition) is 2. The van der Waals surface area contributed by atoms with Gasteiger partial charge in [-0.25, -0.2) is 9.97 Å². The molecule has 1 spiro atoms. The van der Waals surface area contributed by atoms with Gasteiger partial charge in [0.25, 0.3) is 0 Å². The summed E-state index contributed by atoms with van der Waals surface area (Å²) in [4.78, 5) is 10.3. The zero-order chi connectivity index (χ0) is 26.9. The van der Waals surface area contributed by atoms with Crippen LogP contribution in [0.2, 0.25) is 0 Å². The molecule has 190 valence electrons. The Bertz CT molecular complexity index is 1820. The molecule has 4 heteroatoms. The Morgan fingerprint density at radius 1 is 0.350 bits per heavy atom.